The normalized spacial score (nSPS) is 12.7. The van der Waals surface area contributed by atoms with Crippen LogP contribution in [0.4, 0.5) is 0 Å². The van der Waals surface area contributed by atoms with Crippen molar-refractivity contribution < 1.29 is 25.2 Å². The quantitative estimate of drug-likeness (QED) is 0.0997. The van der Waals surface area contributed by atoms with E-state index in [2.05, 4.69) is 25.6 Å². The minimum Gasteiger partial charge on any atom is -0.371 e. The molecule has 0 heterocycles. The van der Waals surface area contributed by atoms with Crippen LogP contribution in [0.3, 0.4) is 0 Å². The molecular weight excluding hydrogens is 593 g/mol. The van der Waals surface area contributed by atoms with Crippen LogP contribution in [0.2, 0.25) is 0 Å². The first-order chi connectivity index (χ1) is 20.0. The Hall–Kier alpha value is -2.05. The predicted octanol–water partition coefficient (Wildman–Crippen LogP) is 7.61. The Morgan fingerprint density at radius 1 is 0.643 bits per heavy atom. The average molecular weight is 641 g/mol. The van der Waals surface area contributed by atoms with Crippen LogP contribution >= 0.6 is 11.8 Å². The van der Waals surface area contributed by atoms with Crippen LogP contribution in [0.1, 0.15) is 108 Å². The molecule has 0 aliphatic carbocycles. The maximum atomic E-state index is 11.5. The van der Waals surface area contributed by atoms with Crippen LogP contribution in [-0.4, -0.2) is 28.3 Å². The topological polar surface area (TPSA) is 139 Å². The molecule has 0 amide bonds. The summed E-state index contributed by atoms with van der Waals surface area (Å²) in [6, 6.07) is 13.7. The molecule has 42 heavy (non-hydrogen) atoms. The van der Waals surface area contributed by atoms with Crippen molar-refractivity contribution in [2.45, 2.75) is 97.3 Å². The van der Waals surface area contributed by atoms with Gasteiger partial charge in [-0.25, -0.2) is 0 Å². The zero-order valence-corrected chi connectivity index (χ0v) is 27.5. The third-order valence-corrected chi connectivity index (χ3v) is 8.89. The van der Waals surface area contributed by atoms with Gasteiger partial charge >= 0.3 is 20.6 Å². The van der Waals surface area contributed by atoms with E-state index in [-0.39, 0.29) is 11.5 Å². The molecule has 0 unspecified atom stereocenters. The van der Waals surface area contributed by atoms with Crippen LogP contribution in [0.5, 0.6) is 11.5 Å². The van der Waals surface area contributed by atoms with E-state index in [0.717, 1.165) is 41.5 Å². The third-order valence-electron chi connectivity index (χ3n) is 6.89. The molecule has 2 aromatic rings. The average Bonchev–Trinajstić information content (AvgIpc) is 2.92. The van der Waals surface area contributed by atoms with Gasteiger partial charge in [-0.15, -0.1) is 0 Å². The maximum Gasteiger partial charge on any atom is 0.380 e. The molecule has 0 aliphatic heterocycles. The summed E-state index contributed by atoms with van der Waals surface area (Å²) >= 11 is 2.09. The first kappa shape index (κ1) is 36.1. The monoisotopic (exact) mass is 640 g/mol. The Kier molecular flexibility index (Phi) is 16.6. The number of allylic oxidation sites excluding steroid dienone is 2. The number of hydrogen-bond acceptors (Lipinski definition) is 7. The van der Waals surface area contributed by atoms with E-state index in [1.165, 1.54) is 69.3 Å². The Morgan fingerprint density at radius 2 is 1.19 bits per heavy atom. The van der Waals surface area contributed by atoms with Crippen molar-refractivity contribution in [2.24, 2.45) is 10.3 Å². The fourth-order valence-corrected chi connectivity index (χ4v) is 6.67. The second-order valence-electron chi connectivity index (χ2n) is 10.4. The van der Waals surface area contributed by atoms with E-state index >= 15 is 0 Å². The standard InChI is InChI=1S/C31H48N2O6S3/c1-3-5-13-23-40-24-14-11-9-7-6-8-10-12-18-31(27-16-15-17-29(25-27)39-42(33,36)37)30(4-2)26-19-21-28(22-20-26)38-41(32,34)35/h15-17,19-22,25H,3-14,18,23-24H2,1-2H3,(H2,32,34,35)(H2,33,36,37)/b31-30+. The summed E-state index contributed by atoms with van der Waals surface area (Å²) in [5.41, 5.74) is 3.91. The van der Waals surface area contributed by atoms with Crippen molar-refractivity contribution in [2.75, 3.05) is 11.5 Å². The molecule has 4 N–H and O–H groups in total. The molecule has 0 spiro atoms. The lowest BCUT2D eigenvalue weighted by Crippen LogP contribution is -2.18. The molecule has 0 saturated carbocycles. The molecular formula is C31H48N2O6S3. The molecule has 0 saturated heterocycles. The summed E-state index contributed by atoms with van der Waals surface area (Å²) < 4.78 is 55.4. The van der Waals surface area contributed by atoms with Crippen LogP contribution in [0, 0.1) is 0 Å². The summed E-state index contributed by atoms with van der Waals surface area (Å²) in [6.45, 7) is 4.30. The summed E-state index contributed by atoms with van der Waals surface area (Å²) in [6.07, 6.45) is 15.2. The number of rotatable bonds is 22. The van der Waals surface area contributed by atoms with E-state index in [1.54, 1.807) is 42.5 Å². The van der Waals surface area contributed by atoms with Gasteiger partial charge in [-0.3, -0.25) is 0 Å². The number of benzene rings is 2. The fraction of sp³-hybridized carbons (Fsp3) is 0.548. The highest BCUT2D eigenvalue weighted by Crippen LogP contribution is 2.35. The summed E-state index contributed by atoms with van der Waals surface area (Å²) in [4.78, 5) is 0. The van der Waals surface area contributed by atoms with Gasteiger partial charge in [0.2, 0.25) is 0 Å². The minimum absolute atomic E-state index is 0.132. The Bertz CT molecular complexity index is 1310. The van der Waals surface area contributed by atoms with Crippen LogP contribution < -0.4 is 18.6 Å². The number of thioether (sulfide) groups is 1. The van der Waals surface area contributed by atoms with Crippen molar-refractivity contribution in [3.05, 3.63) is 59.7 Å². The molecule has 0 aromatic heterocycles. The van der Waals surface area contributed by atoms with Gasteiger partial charge in [0.05, 0.1) is 0 Å². The van der Waals surface area contributed by atoms with Gasteiger partial charge in [-0.2, -0.15) is 38.9 Å². The van der Waals surface area contributed by atoms with Gasteiger partial charge in [-0.1, -0.05) is 89.5 Å². The highest BCUT2D eigenvalue weighted by atomic mass is 32.2. The van der Waals surface area contributed by atoms with E-state index in [0.29, 0.717) is 6.42 Å². The molecule has 0 radical (unpaired) electrons. The van der Waals surface area contributed by atoms with Gasteiger partial charge in [-0.05, 0) is 90.1 Å². The van der Waals surface area contributed by atoms with Gasteiger partial charge in [0, 0.05) is 0 Å². The maximum absolute atomic E-state index is 11.5. The molecule has 11 heteroatoms. The third kappa shape index (κ3) is 15.4. The first-order valence-corrected chi connectivity index (χ1v) is 19.1. The fourth-order valence-electron chi connectivity index (χ4n) is 4.90. The lowest BCUT2D eigenvalue weighted by atomic mass is 9.89. The van der Waals surface area contributed by atoms with Gasteiger partial charge in [0.1, 0.15) is 11.5 Å². The van der Waals surface area contributed by atoms with E-state index in [9.17, 15) is 16.8 Å². The molecule has 236 valence electrons. The van der Waals surface area contributed by atoms with Crippen molar-refractivity contribution in [3.63, 3.8) is 0 Å². The first-order valence-electron chi connectivity index (χ1n) is 15.0. The Labute approximate surface area is 258 Å². The summed E-state index contributed by atoms with van der Waals surface area (Å²) in [5, 5.41) is 10.1. The molecule has 2 aromatic carbocycles. The van der Waals surface area contributed by atoms with Gasteiger partial charge < -0.3 is 8.37 Å². The van der Waals surface area contributed by atoms with E-state index in [1.807, 2.05) is 6.07 Å². The van der Waals surface area contributed by atoms with E-state index in [4.69, 9.17) is 18.6 Å². The molecule has 0 fully saturated rings. The zero-order valence-electron chi connectivity index (χ0n) is 25.1. The van der Waals surface area contributed by atoms with Crippen molar-refractivity contribution >= 4 is 43.5 Å². The van der Waals surface area contributed by atoms with Crippen LogP contribution in [0.25, 0.3) is 11.1 Å². The van der Waals surface area contributed by atoms with Crippen molar-refractivity contribution in [3.8, 4) is 11.5 Å². The molecule has 2 rings (SSSR count). The molecule has 8 nitrogen and oxygen atoms in total. The van der Waals surface area contributed by atoms with E-state index < -0.39 is 20.6 Å². The lowest BCUT2D eigenvalue weighted by molar-refractivity contribution is 0.485. The largest absolute Gasteiger partial charge is 0.380 e. The number of nitrogens with two attached hydrogens (primary N) is 2. The Balaban J connectivity index is 2.03. The molecule has 0 bridgehead atoms. The SMILES string of the molecule is CCCCCSCCCCCCCCCC/C(=C(/CC)c1ccc(OS(N)(=O)=O)cc1)c1cccc(OS(N)(=O)=O)c1. The summed E-state index contributed by atoms with van der Waals surface area (Å²) in [7, 11) is -8.26. The Morgan fingerprint density at radius 3 is 1.76 bits per heavy atom. The highest BCUT2D eigenvalue weighted by Gasteiger charge is 2.14. The molecule has 0 aliphatic rings. The van der Waals surface area contributed by atoms with Gasteiger partial charge in [0.25, 0.3) is 0 Å². The zero-order chi connectivity index (χ0) is 30.8. The number of hydrogen-bond donors (Lipinski definition) is 2. The van der Waals surface area contributed by atoms with Crippen LogP contribution in [0.15, 0.2) is 48.5 Å². The second-order valence-corrected chi connectivity index (χ2v) is 13.9. The smallest absolute Gasteiger partial charge is 0.371 e. The van der Waals surface area contributed by atoms with Crippen molar-refractivity contribution in [1.29, 1.82) is 0 Å². The van der Waals surface area contributed by atoms with Crippen LogP contribution in [-0.2, 0) is 20.6 Å². The highest BCUT2D eigenvalue weighted by molar-refractivity contribution is 7.99. The van der Waals surface area contributed by atoms with Gasteiger partial charge in [0.15, 0.2) is 0 Å². The predicted molar refractivity (Wildman–Crippen MR) is 176 cm³/mol. The molecule has 0 atom stereocenters. The minimum atomic E-state index is -4.15. The second kappa shape index (κ2) is 19.3. The van der Waals surface area contributed by atoms with Crippen molar-refractivity contribution in [1.82, 2.24) is 0 Å². The number of unbranched alkanes of at least 4 members (excludes halogenated alkanes) is 9. The summed E-state index contributed by atoms with van der Waals surface area (Å²) in [5.74, 6) is 2.86. The lowest BCUT2D eigenvalue weighted by Gasteiger charge is -2.17.